The first kappa shape index (κ1) is 16.3. The lowest BCUT2D eigenvalue weighted by Crippen LogP contribution is -2.19. The quantitative estimate of drug-likeness (QED) is 0.639. The molecular weight excluding hydrogens is 334 g/mol. The van der Waals surface area contributed by atoms with E-state index in [-0.39, 0.29) is 5.82 Å². The number of hydrogen-bond donors (Lipinski definition) is 0. The second-order valence-corrected chi connectivity index (χ2v) is 6.47. The summed E-state index contributed by atoms with van der Waals surface area (Å²) in [5.74, 6) is -0.212. The summed E-state index contributed by atoms with van der Waals surface area (Å²) in [6.07, 6.45) is 3.87. The van der Waals surface area contributed by atoms with E-state index in [0.717, 1.165) is 37.1 Å². The fraction of sp³-hybridized carbons (Fsp3) is 0.278. The molecule has 0 aromatic heterocycles. The van der Waals surface area contributed by atoms with Crippen molar-refractivity contribution in [3.05, 3.63) is 57.3 Å². The average Bonchev–Trinajstić information content (AvgIpc) is 3.05. The summed E-state index contributed by atoms with van der Waals surface area (Å²) in [6.45, 7) is 3.80. The van der Waals surface area contributed by atoms with Crippen molar-refractivity contribution in [2.75, 3.05) is 18.0 Å². The Hall–Kier alpha value is -1.58. The molecule has 120 valence electrons. The van der Waals surface area contributed by atoms with Crippen molar-refractivity contribution in [1.82, 2.24) is 0 Å². The van der Waals surface area contributed by atoms with Crippen LogP contribution < -0.4 is 4.90 Å². The van der Waals surface area contributed by atoms with Gasteiger partial charge in [-0.15, -0.1) is 0 Å². The number of nitrogens with zero attached hydrogens (tertiary/aromatic N) is 2. The highest BCUT2D eigenvalue weighted by atomic mass is 35.5. The Morgan fingerprint density at radius 2 is 1.91 bits per heavy atom. The van der Waals surface area contributed by atoms with Gasteiger partial charge in [0.1, 0.15) is 5.82 Å². The van der Waals surface area contributed by atoms with Gasteiger partial charge in [-0.3, -0.25) is 4.99 Å². The van der Waals surface area contributed by atoms with Crippen molar-refractivity contribution >= 4 is 40.8 Å². The van der Waals surface area contributed by atoms with Crippen molar-refractivity contribution in [1.29, 1.82) is 0 Å². The molecule has 1 aliphatic heterocycles. The molecule has 1 fully saturated rings. The van der Waals surface area contributed by atoms with E-state index in [1.807, 2.05) is 13.0 Å². The normalized spacial score (nSPS) is 14.9. The summed E-state index contributed by atoms with van der Waals surface area (Å²) >= 11 is 12.1. The van der Waals surface area contributed by atoms with Gasteiger partial charge in [-0.1, -0.05) is 29.3 Å². The fourth-order valence-corrected chi connectivity index (χ4v) is 3.10. The highest BCUT2D eigenvalue weighted by Crippen LogP contribution is 2.32. The number of benzene rings is 2. The molecule has 0 unspecified atom stereocenters. The smallest absolute Gasteiger partial charge is 0.147 e. The van der Waals surface area contributed by atoms with E-state index in [1.165, 1.54) is 6.07 Å². The van der Waals surface area contributed by atoms with Crippen LogP contribution in [0.4, 0.5) is 15.8 Å². The summed E-state index contributed by atoms with van der Waals surface area (Å²) in [5.41, 5.74) is 2.97. The Labute approximate surface area is 145 Å². The van der Waals surface area contributed by atoms with Crippen LogP contribution in [0.15, 0.2) is 35.3 Å². The van der Waals surface area contributed by atoms with Crippen molar-refractivity contribution in [3.63, 3.8) is 0 Å². The zero-order chi connectivity index (χ0) is 16.4. The molecule has 0 bridgehead atoms. The molecule has 1 saturated heterocycles. The maximum absolute atomic E-state index is 14.4. The van der Waals surface area contributed by atoms with Crippen molar-refractivity contribution < 1.29 is 4.39 Å². The topological polar surface area (TPSA) is 15.6 Å². The Kier molecular flexibility index (Phi) is 4.88. The standard InChI is InChI=1S/C18H17Cl2FN2/c1-12-9-17(23-7-2-3-8-23)15(21)10-13(12)11-22-16-6-4-5-14(19)18(16)20/h4-6,9-11H,2-3,7-8H2,1H3. The van der Waals surface area contributed by atoms with E-state index in [2.05, 4.69) is 9.89 Å². The lowest BCUT2D eigenvalue weighted by atomic mass is 10.1. The van der Waals surface area contributed by atoms with Gasteiger partial charge in [0.2, 0.25) is 0 Å². The Balaban J connectivity index is 1.90. The molecule has 23 heavy (non-hydrogen) atoms. The van der Waals surface area contributed by atoms with Crippen LogP contribution in [0.5, 0.6) is 0 Å². The summed E-state index contributed by atoms with van der Waals surface area (Å²) in [6, 6.07) is 8.69. The lowest BCUT2D eigenvalue weighted by molar-refractivity contribution is 0.622. The summed E-state index contributed by atoms with van der Waals surface area (Å²) in [5, 5.41) is 0.853. The van der Waals surface area contributed by atoms with Gasteiger partial charge in [-0.25, -0.2) is 4.39 Å². The van der Waals surface area contributed by atoms with E-state index in [1.54, 1.807) is 24.4 Å². The monoisotopic (exact) mass is 350 g/mol. The van der Waals surface area contributed by atoms with Crippen LogP contribution in [-0.2, 0) is 0 Å². The molecule has 2 aromatic carbocycles. The molecule has 0 atom stereocenters. The van der Waals surface area contributed by atoms with Crippen molar-refractivity contribution in [2.24, 2.45) is 4.99 Å². The molecule has 2 nitrogen and oxygen atoms in total. The largest absolute Gasteiger partial charge is 0.369 e. The molecule has 0 spiro atoms. The van der Waals surface area contributed by atoms with E-state index in [0.29, 0.717) is 21.4 Å². The number of aliphatic imine (C=N–C) groups is 1. The second-order valence-electron chi connectivity index (χ2n) is 5.69. The first-order chi connectivity index (χ1) is 11.1. The van der Waals surface area contributed by atoms with Crippen LogP contribution in [0.25, 0.3) is 0 Å². The van der Waals surface area contributed by atoms with Gasteiger partial charge in [-0.2, -0.15) is 0 Å². The predicted molar refractivity (Wildman–Crippen MR) is 96.3 cm³/mol. The van der Waals surface area contributed by atoms with E-state index < -0.39 is 0 Å². The summed E-state index contributed by atoms with van der Waals surface area (Å²) < 4.78 is 14.4. The minimum atomic E-state index is -0.212. The van der Waals surface area contributed by atoms with Gasteiger partial charge in [-0.05, 0) is 55.2 Å². The van der Waals surface area contributed by atoms with Gasteiger partial charge in [0.15, 0.2) is 0 Å². The first-order valence-electron chi connectivity index (χ1n) is 7.59. The van der Waals surface area contributed by atoms with Gasteiger partial charge < -0.3 is 4.90 Å². The summed E-state index contributed by atoms with van der Waals surface area (Å²) in [7, 11) is 0. The highest BCUT2D eigenvalue weighted by molar-refractivity contribution is 6.43. The van der Waals surface area contributed by atoms with Crippen LogP contribution >= 0.6 is 23.2 Å². The Bertz CT molecular complexity index is 753. The molecule has 0 N–H and O–H groups in total. The average molecular weight is 351 g/mol. The first-order valence-corrected chi connectivity index (χ1v) is 8.35. The fourth-order valence-electron chi connectivity index (χ4n) is 2.75. The molecule has 0 radical (unpaired) electrons. The van der Waals surface area contributed by atoms with Crippen LogP contribution in [0.3, 0.4) is 0 Å². The van der Waals surface area contributed by atoms with Gasteiger partial charge in [0, 0.05) is 19.3 Å². The predicted octanol–water partition coefficient (Wildman–Crippen LogP) is 5.79. The third-order valence-corrected chi connectivity index (χ3v) is 4.87. The molecule has 1 heterocycles. The number of halogens is 3. The number of hydrogen-bond acceptors (Lipinski definition) is 2. The number of rotatable bonds is 3. The highest BCUT2D eigenvalue weighted by Gasteiger charge is 2.17. The minimum absolute atomic E-state index is 0.212. The van der Waals surface area contributed by atoms with Crippen LogP contribution in [0, 0.1) is 12.7 Å². The van der Waals surface area contributed by atoms with E-state index >= 15 is 0 Å². The second kappa shape index (κ2) is 6.90. The molecule has 2 aromatic rings. The number of anilines is 1. The molecule has 0 saturated carbocycles. The van der Waals surface area contributed by atoms with Crippen LogP contribution in [-0.4, -0.2) is 19.3 Å². The Morgan fingerprint density at radius 1 is 1.17 bits per heavy atom. The molecule has 3 rings (SSSR count). The van der Waals surface area contributed by atoms with Crippen molar-refractivity contribution in [2.45, 2.75) is 19.8 Å². The van der Waals surface area contributed by atoms with E-state index in [9.17, 15) is 4.39 Å². The molecular formula is C18H17Cl2FN2. The maximum Gasteiger partial charge on any atom is 0.147 e. The zero-order valence-corrected chi connectivity index (χ0v) is 14.3. The molecule has 5 heteroatoms. The SMILES string of the molecule is Cc1cc(N2CCCC2)c(F)cc1C=Nc1cccc(Cl)c1Cl. The summed E-state index contributed by atoms with van der Waals surface area (Å²) in [4.78, 5) is 6.44. The molecule has 1 aliphatic rings. The zero-order valence-electron chi connectivity index (χ0n) is 12.8. The Morgan fingerprint density at radius 3 is 2.65 bits per heavy atom. The van der Waals surface area contributed by atoms with Gasteiger partial charge in [0.05, 0.1) is 21.4 Å². The molecule has 0 aliphatic carbocycles. The third kappa shape index (κ3) is 3.51. The van der Waals surface area contributed by atoms with Crippen LogP contribution in [0.2, 0.25) is 10.0 Å². The third-order valence-electron chi connectivity index (χ3n) is 4.06. The van der Waals surface area contributed by atoms with Gasteiger partial charge >= 0.3 is 0 Å². The number of aryl methyl sites for hydroxylation is 1. The minimum Gasteiger partial charge on any atom is -0.369 e. The lowest BCUT2D eigenvalue weighted by Gasteiger charge is -2.19. The van der Waals surface area contributed by atoms with Gasteiger partial charge in [0.25, 0.3) is 0 Å². The van der Waals surface area contributed by atoms with Crippen LogP contribution in [0.1, 0.15) is 24.0 Å². The van der Waals surface area contributed by atoms with E-state index in [4.69, 9.17) is 23.2 Å². The maximum atomic E-state index is 14.4. The molecule has 0 amide bonds. The van der Waals surface area contributed by atoms with Crippen molar-refractivity contribution in [3.8, 4) is 0 Å².